The summed E-state index contributed by atoms with van der Waals surface area (Å²) in [5.41, 5.74) is 1.09. The number of ether oxygens (including phenoxy) is 2. The Morgan fingerprint density at radius 2 is 2.00 bits per heavy atom. The van der Waals surface area contributed by atoms with E-state index in [4.69, 9.17) is 9.47 Å². The van der Waals surface area contributed by atoms with Crippen molar-refractivity contribution >= 4 is 5.96 Å². The van der Waals surface area contributed by atoms with Gasteiger partial charge in [0.15, 0.2) is 17.5 Å². The zero-order chi connectivity index (χ0) is 20.5. The molecular formula is C21H26N6O2. The van der Waals surface area contributed by atoms with E-state index in [0.29, 0.717) is 24.8 Å². The first-order chi connectivity index (χ1) is 14.2. The lowest BCUT2D eigenvalue weighted by molar-refractivity contribution is 0.213. The van der Waals surface area contributed by atoms with Gasteiger partial charge in [0.05, 0.1) is 13.7 Å². The average molecular weight is 394 g/mol. The van der Waals surface area contributed by atoms with Crippen LogP contribution < -0.4 is 20.1 Å². The fourth-order valence-corrected chi connectivity index (χ4v) is 2.73. The number of hydrogen-bond donors (Lipinski definition) is 2. The van der Waals surface area contributed by atoms with Crippen molar-refractivity contribution in [2.75, 3.05) is 20.7 Å². The highest BCUT2D eigenvalue weighted by atomic mass is 16.5. The maximum Gasteiger partial charge on any atom is 0.191 e. The highest BCUT2D eigenvalue weighted by molar-refractivity contribution is 5.79. The Balaban J connectivity index is 1.50. The Hall–Kier alpha value is -3.55. The predicted octanol–water partition coefficient (Wildman–Crippen LogP) is 2.41. The number of imidazole rings is 1. The standard InChI is InChI=1S/C21H26N6O2/c1-16(29-19-7-5-4-6-18(19)28-3)13-25-21(22-2)26-14-17-8-9-24-20(12-17)27-11-10-23-15-27/h4-12,15-16H,13-14H2,1-3H3,(H2,22,25,26). The van der Waals surface area contributed by atoms with E-state index in [1.54, 1.807) is 32.9 Å². The van der Waals surface area contributed by atoms with Crippen molar-refractivity contribution in [3.8, 4) is 17.3 Å². The molecule has 3 aromatic rings. The minimum absolute atomic E-state index is 0.0707. The molecule has 8 nitrogen and oxygen atoms in total. The molecule has 0 bridgehead atoms. The number of pyridine rings is 1. The van der Waals surface area contributed by atoms with Crippen molar-refractivity contribution in [3.63, 3.8) is 0 Å². The summed E-state index contributed by atoms with van der Waals surface area (Å²) in [6.45, 7) is 3.20. The van der Waals surface area contributed by atoms with Gasteiger partial charge in [-0.2, -0.15) is 0 Å². The molecule has 0 fully saturated rings. The Kier molecular flexibility index (Phi) is 7.05. The van der Waals surface area contributed by atoms with Crippen LogP contribution in [0.1, 0.15) is 12.5 Å². The third-order valence-electron chi connectivity index (χ3n) is 4.22. The lowest BCUT2D eigenvalue weighted by atomic mass is 10.2. The summed E-state index contributed by atoms with van der Waals surface area (Å²) >= 11 is 0. The van der Waals surface area contributed by atoms with Crippen LogP contribution in [-0.2, 0) is 6.54 Å². The maximum absolute atomic E-state index is 5.96. The summed E-state index contributed by atoms with van der Waals surface area (Å²) in [6, 6.07) is 11.6. The molecule has 0 aliphatic carbocycles. The molecule has 0 radical (unpaired) electrons. The molecule has 0 spiro atoms. The SMILES string of the molecule is CN=C(NCc1ccnc(-n2ccnc2)c1)NCC(C)Oc1ccccc1OC. The molecular weight excluding hydrogens is 368 g/mol. The van der Waals surface area contributed by atoms with Crippen molar-refractivity contribution in [1.29, 1.82) is 0 Å². The minimum Gasteiger partial charge on any atom is -0.493 e. The molecule has 2 aromatic heterocycles. The number of rotatable bonds is 8. The van der Waals surface area contributed by atoms with Crippen molar-refractivity contribution in [3.05, 3.63) is 66.9 Å². The number of para-hydroxylation sites is 2. The van der Waals surface area contributed by atoms with Gasteiger partial charge in [0.1, 0.15) is 18.2 Å². The smallest absolute Gasteiger partial charge is 0.191 e. The molecule has 0 amide bonds. The first kappa shape index (κ1) is 20.2. The summed E-state index contributed by atoms with van der Waals surface area (Å²) in [6.07, 6.45) is 7.03. The van der Waals surface area contributed by atoms with Gasteiger partial charge in [0, 0.05) is 32.2 Å². The Labute approximate surface area is 170 Å². The molecule has 1 atom stereocenters. The molecule has 29 heavy (non-hydrogen) atoms. The Morgan fingerprint density at radius 1 is 1.17 bits per heavy atom. The second kappa shape index (κ2) is 10.1. The predicted molar refractivity (Wildman–Crippen MR) is 113 cm³/mol. The molecule has 2 N–H and O–H groups in total. The second-order valence-electron chi connectivity index (χ2n) is 6.38. The molecule has 0 aliphatic heterocycles. The van der Waals surface area contributed by atoms with Gasteiger partial charge in [-0.25, -0.2) is 9.97 Å². The average Bonchev–Trinajstić information content (AvgIpc) is 3.29. The number of nitrogens with one attached hydrogen (secondary N) is 2. The summed E-state index contributed by atoms with van der Waals surface area (Å²) in [5.74, 6) is 2.95. The van der Waals surface area contributed by atoms with Crippen molar-refractivity contribution in [1.82, 2.24) is 25.2 Å². The van der Waals surface area contributed by atoms with Crippen LogP contribution in [0, 0.1) is 0 Å². The van der Waals surface area contributed by atoms with E-state index in [-0.39, 0.29) is 6.10 Å². The summed E-state index contributed by atoms with van der Waals surface area (Å²) < 4.78 is 13.2. The molecule has 0 saturated heterocycles. The Bertz CT molecular complexity index is 926. The van der Waals surface area contributed by atoms with Crippen LogP contribution >= 0.6 is 0 Å². The summed E-state index contributed by atoms with van der Waals surface area (Å²) in [5, 5.41) is 6.59. The van der Waals surface area contributed by atoms with Crippen molar-refractivity contribution < 1.29 is 9.47 Å². The van der Waals surface area contributed by atoms with Crippen LogP contribution in [0.15, 0.2) is 66.3 Å². The summed E-state index contributed by atoms with van der Waals surface area (Å²) in [7, 11) is 3.37. The van der Waals surface area contributed by atoms with Gasteiger partial charge in [-0.15, -0.1) is 0 Å². The van der Waals surface area contributed by atoms with Crippen LogP contribution in [0.3, 0.4) is 0 Å². The normalized spacial score (nSPS) is 12.3. The number of aromatic nitrogens is 3. The van der Waals surface area contributed by atoms with Gasteiger partial charge in [-0.3, -0.25) is 9.56 Å². The molecule has 0 saturated carbocycles. The number of methoxy groups -OCH3 is 1. The molecule has 1 aromatic carbocycles. The Morgan fingerprint density at radius 3 is 2.72 bits per heavy atom. The van der Waals surface area contributed by atoms with E-state index < -0.39 is 0 Å². The molecule has 0 aliphatic rings. The lowest BCUT2D eigenvalue weighted by Crippen LogP contribution is -2.41. The van der Waals surface area contributed by atoms with Crippen LogP contribution in [0.2, 0.25) is 0 Å². The van der Waals surface area contributed by atoms with Crippen LogP contribution in [-0.4, -0.2) is 47.3 Å². The summed E-state index contributed by atoms with van der Waals surface area (Å²) in [4.78, 5) is 12.7. The van der Waals surface area contributed by atoms with Gasteiger partial charge >= 0.3 is 0 Å². The van der Waals surface area contributed by atoms with Crippen LogP contribution in [0.25, 0.3) is 5.82 Å². The topological polar surface area (TPSA) is 85.6 Å². The van der Waals surface area contributed by atoms with Gasteiger partial charge in [-0.1, -0.05) is 12.1 Å². The number of guanidine groups is 1. The van der Waals surface area contributed by atoms with Gasteiger partial charge in [0.2, 0.25) is 0 Å². The molecule has 1 unspecified atom stereocenters. The second-order valence-corrected chi connectivity index (χ2v) is 6.38. The molecule has 3 rings (SSSR count). The minimum atomic E-state index is -0.0707. The van der Waals surface area contributed by atoms with Crippen molar-refractivity contribution in [2.24, 2.45) is 4.99 Å². The number of benzene rings is 1. The molecule has 2 heterocycles. The van der Waals surface area contributed by atoms with E-state index >= 15 is 0 Å². The van der Waals surface area contributed by atoms with E-state index in [0.717, 1.165) is 17.1 Å². The molecule has 152 valence electrons. The van der Waals surface area contributed by atoms with Crippen molar-refractivity contribution in [2.45, 2.75) is 19.6 Å². The maximum atomic E-state index is 5.96. The first-order valence-electron chi connectivity index (χ1n) is 9.37. The number of aliphatic imine (C=N–C) groups is 1. The van der Waals surface area contributed by atoms with E-state index in [1.807, 2.05) is 54.1 Å². The van der Waals surface area contributed by atoms with E-state index in [9.17, 15) is 0 Å². The third-order valence-corrected chi connectivity index (χ3v) is 4.22. The van der Waals surface area contributed by atoms with Crippen LogP contribution in [0.4, 0.5) is 0 Å². The largest absolute Gasteiger partial charge is 0.493 e. The zero-order valence-electron chi connectivity index (χ0n) is 16.9. The van der Waals surface area contributed by atoms with Crippen LogP contribution in [0.5, 0.6) is 11.5 Å². The third kappa shape index (κ3) is 5.71. The zero-order valence-corrected chi connectivity index (χ0v) is 16.9. The fraction of sp³-hybridized carbons (Fsp3) is 0.286. The van der Waals surface area contributed by atoms with Gasteiger partial charge in [0.25, 0.3) is 0 Å². The molecule has 8 heteroatoms. The quantitative estimate of drug-likeness (QED) is 0.451. The first-order valence-corrected chi connectivity index (χ1v) is 9.37. The lowest BCUT2D eigenvalue weighted by Gasteiger charge is -2.19. The van der Waals surface area contributed by atoms with E-state index in [2.05, 4.69) is 25.6 Å². The highest BCUT2D eigenvalue weighted by Gasteiger charge is 2.09. The number of nitrogens with zero attached hydrogens (tertiary/aromatic N) is 4. The van der Waals surface area contributed by atoms with Gasteiger partial charge in [-0.05, 0) is 36.8 Å². The number of hydrogen-bond acceptors (Lipinski definition) is 5. The highest BCUT2D eigenvalue weighted by Crippen LogP contribution is 2.26. The van der Waals surface area contributed by atoms with E-state index in [1.165, 1.54) is 0 Å². The monoisotopic (exact) mass is 394 g/mol. The van der Waals surface area contributed by atoms with Gasteiger partial charge < -0.3 is 20.1 Å². The fourth-order valence-electron chi connectivity index (χ4n) is 2.73.